The summed E-state index contributed by atoms with van der Waals surface area (Å²) in [5, 5.41) is 10.2. The second kappa shape index (κ2) is 4.16. The number of halogens is 1. The van der Waals surface area contributed by atoms with Crippen LogP contribution in [0.2, 0.25) is 5.02 Å². The number of carboxylic acid groups (broad SMARTS) is 1. The van der Waals surface area contributed by atoms with E-state index in [0.29, 0.717) is 5.02 Å². The van der Waals surface area contributed by atoms with Crippen LogP contribution in [-0.2, 0) is 5.54 Å². The number of nitrogens with zero attached hydrogens (tertiary/aromatic N) is 1. The fourth-order valence-corrected chi connectivity index (χ4v) is 2.76. The van der Waals surface area contributed by atoms with Gasteiger partial charge >= 0.3 is 6.09 Å². The van der Waals surface area contributed by atoms with Crippen LogP contribution in [0.25, 0.3) is 0 Å². The van der Waals surface area contributed by atoms with Gasteiger partial charge in [0.2, 0.25) is 0 Å². The van der Waals surface area contributed by atoms with Crippen LogP contribution in [0.1, 0.15) is 39.2 Å². The van der Waals surface area contributed by atoms with Gasteiger partial charge in [0.25, 0.3) is 0 Å². The van der Waals surface area contributed by atoms with Gasteiger partial charge in [0.05, 0.1) is 5.54 Å². The molecule has 0 radical (unpaired) electrons. The van der Waals surface area contributed by atoms with E-state index in [-0.39, 0.29) is 5.54 Å². The number of hydrogen-bond acceptors (Lipinski definition) is 1. The van der Waals surface area contributed by atoms with E-state index >= 15 is 0 Å². The van der Waals surface area contributed by atoms with Crippen LogP contribution in [0, 0.1) is 0 Å². The zero-order valence-corrected chi connectivity index (χ0v) is 11.7. The van der Waals surface area contributed by atoms with Gasteiger partial charge in [-0.15, -0.1) is 0 Å². The highest BCUT2D eigenvalue weighted by Crippen LogP contribution is 2.53. The molecule has 0 aliphatic heterocycles. The van der Waals surface area contributed by atoms with Gasteiger partial charge in [-0.3, -0.25) is 4.90 Å². The van der Waals surface area contributed by atoms with Crippen LogP contribution in [0.3, 0.4) is 0 Å². The van der Waals surface area contributed by atoms with Gasteiger partial charge < -0.3 is 5.11 Å². The second-order valence-electron chi connectivity index (χ2n) is 5.83. The minimum atomic E-state index is -0.866. The quantitative estimate of drug-likeness (QED) is 0.876. The molecule has 98 valence electrons. The number of amides is 1. The topological polar surface area (TPSA) is 40.5 Å². The van der Waals surface area contributed by atoms with Crippen molar-refractivity contribution in [1.82, 2.24) is 4.90 Å². The Morgan fingerprint density at radius 3 is 2.11 bits per heavy atom. The maximum Gasteiger partial charge on any atom is 0.408 e. The van der Waals surface area contributed by atoms with Crippen molar-refractivity contribution in [2.75, 3.05) is 0 Å². The first-order valence-corrected chi connectivity index (χ1v) is 6.44. The average Bonchev–Trinajstić information content (AvgIpc) is 2.97. The van der Waals surface area contributed by atoms with E-state index in [4.69, 9.17) is 11.6 Å². The Hall–Kier alpha value is -1.22. The molecule has 1 fully saturated rings. The summed E-state index contributed by atoms with van der Waals surface area (Å²) in [5.41, 5.74) is 0.251. The van der Waals surface area contributed by atoms with Crippen LogP contribution in [-0.4, -0.2) is 21.6 Å². The van der Waals surface area contributed by atoms with Crippen LogP contribution in [0.15, 0.2) is 24.3 Å². The van der Waals surface area contributed by atoms with Crippen LogP contribution in [0.4, 0.5) is 4.79 Å². The molecular formula is C14H18ClNO2. The average molecular weight is 268 g/mol. The van der Waals surface area contributed by atoms with Crippen molar-refractivity contribution >= 4 is 17.7 Å². The molecule has 0 bridgehead atoms. The first-order valence-electron chi connectivity index (χ1n) is 6.07. The molecule has 4 heteroatoms. The lowest BCUT2D eigenvalue weighted by Crippen LogP contribution is -2.51. The van der Waals surface area contributed by atoms with E-state index in [0.717, 1.165) is 18.4 Å². The summed E-state index contributed by atoms with van der Waals surface area (Å²) < 4.78 is 0. The highest BCUT2D eigenvalue weighted by Gasteiger charge is 2.55. The fourth-order valence-electron chi connectivity index (χ4n) is 2.63. The van der Waals surface area contributed by atoms with Crippen molar-refractivity contribution in [1.29, 1.82) is 0 Å². The molecule has 1 aromatic rings. The molecule has 18 heavy (non-hydrogen) atoms. The zero-order valence-electron chi connectivity index (χ0n) is 10.9. The van der Waals surface area contributed by atoms with Crippen LogP contribution >= 0.6 is 11.6 Å². The summed E-state index contributed by atoms with van der Waals surface area (Å²) in [5.74, 6) is 0. The largest absolute Gasteiger partial charge is 0.465 e. The van der Waals surface area contributed by atoms with Gasteiger partial charge in [-0.1, -0.05) is 23.7 Å². The Kier molecular flexibility index (Phi) is 3.06. The first-order chi connectivity index (χ1) is 8.27. The number of benzene rings is 1. The van der Waals surface area contributed by atoms with Gasteiger partial charge in [0, 0.05) is 10.6 Å². The molecule has 0 aromatic heterocycles. The Balaban J connectivity index is 2.41. The summed E-state index contributed by atoms with van der Waals surface area (Å²) in [6.45, 7) is 5.78. The molecule has 1 N–H and O–H groups in total. The van der Waals surface area contributed by atoms with Crippen molar-refractivity contribution in [3.63, 3.8) is 0 Å². The molecule has 0 atom stereocenters. The van der Waals surface area contributed by atoms with Crippen molar-refractivity contribution in [3.05, 3.63) is 34.9 Å². The van der Waals surface area contributed by atoms with Crippen molar-refractivity contribution < 1.29 is 9.90 Å². The summed E-state index contributed by atoms with van der Waals surface area (Å²) in [6.07, 6.45) is 0.881. The lowest BCUT2D eigenvalue weighted by molar-refractivity contribution is 0.0595. The lowest BCUT2D eigenvalue weighted by atomic mass is 9.96. The Morgan fingerprint density at radius 1 is 1.28 bits per heavy atom. The monoisotopic (exact) mass is 267 g/mol. The standard InChI is InChI=1S/C14H18ClNO2/c1-13(2,3)16(12(17)18)14(8-9-14)10-4-6-11(15)7-5-10/h4-7H,8-9H2,1-3H3,(H,17,18). The van der Waals surface area contributed by atoms with Gasteiger partial charge in [-0.25, -0.2) is 4.79 Å². The van der Waals surface area contributed by atoms with Crippen LogP contribution < -0.4 is 0 Å². The number of carbonyl (C=O) groups is 1. The molecule has 0 unspecified atom stereocenters. The van der Waals surface area contributed by atoms with Crippen molar-refractivity contribution in [2.24, 2.45) is 0 Å². The molecule has 2 rings (SSSR count). The smallest absolute Gasteiger partial charge is 0.408 e. The predicted octanol–water partition coefficient (Wildman–Crippen LogP) is 4.11. The van der Waals surface area contributed by atoms with E-state index in [1.54, 1.807) is 4.90 Å². The molecule has 1 aromatic carbocycles. The van der Waals surface area contributed by atoms with Crippen molar-refractivity contribution in [2.45, 2.75) is 44.7 Å². The Bertz CT molecular complexity index is 458. The first kappa shape index (κ1) is 13.2. The van der Waals surface area contributed by atoms with Gasteiger partial charge in [0.15, 0.2) is 0 Å². The Labute approximate surface area is 112 Å². The van der Waals surface area contributed by atoms with E-state index in [1.165, 1.54) is 0 Å². The third-order valence-corrected chi connectivity index (χ3v) is 3.65. The van der Waals surface area contributed by atoms with E-state index < -0.39 is 11.6 Å². The summed E-state index contributed by atoms with van der Waals surface area (Å²) >= 11 is 5.88. The SMILES string of the molecule is CC(C)(C)N(C(=O)O)C1(c2ccc(Cl)cc2)CC1. The highest BCUT2D eigenvalue weighted by molar-refractivity contribution is 6.30. The molecule has 1 saturated carbocycles. The van der Waals surface area contributed by atoms with Crippen molar-refractivity contribution in [3.8, 4) is 0 Å². The molecular weight excluding hydrogens is 250 g/mol. The maximum atomic E-state index is 11.6. The number of hydrogen-bond donors (Lipinski definition) is 1. The fraction of sp³-hybridized carbons (Fsp3) is 0.500. The summed E-state index contributed by atoms with van der Waals surface area (Å²) in [7, 11) is 0. The molecule has 0 spiro atoms. The van der Waals surface area contributed by atoms with Gasteiger partial charge in [-0.2, -0.15) is 0 Å². The summed E-state index contributed by atoms with van der Waals surface area (Å²) in [6, 6.07) is 7.49. The zero-order chi connectivity index (χ0) is 13.6. The Morgan fingerprint density at radius 2 is 1.78 bits per heavy atom. The molecule has 0 saturated heterocycles. The number of rotatable bonds is 2. The third-order valence-electron chi connectivity index (χ3n) is 3.40. The summed E-state index contributed by atoms with van der Waals surface area (Å²) in [4.78, 5) is 13.1. The lowest BCUT2D eigenvalue weighted by Gasteiger charge is -2.40. The molecule has 0 heterocycles. The highest BCUT2D eigenvalue weighted by atomic mass is 35.5. The minimum Gasteiger partial charge on any atom is -0.465 e. The normalized spacial score (nSPS) is 17.3. The predicted molar refractivity (Wildman–Crippen MR) is 72.0 cm³/mol. The molecule has 3 nitrogen and oxygen atoms in total. The molecule has 1 aliphatic carbocycles. The van der Waals surface area contributed by atoms with Crippen LogP contribution in [0.5, 0.6) is 0 Å². The molecule has 1 amide bonds. The van der Waals surface area contributed by atoms with E-state index in [9.17, 15) is 9.90 Å². The van der Waals surface area contributed by atoms with E-state index in [1.807, 2.05) is 45.0 Å². The minimum absolute atomic E-state index is 0.366. The third kappa shape index (κ3) is 2.19. The van der Waals surface area contributed by atoms with Gasteiger partial charge in [0.1, 0.15) is 0 Å². The second-order valence-corrected chi connectivity index (χ2v) is 6.26. The maximum absolute atomic E-state index is 11.6. The van der Waals surface area contributed by atoms with Gasteiger partial charge in [-0.05, 0) is 51.3 Å². The molecule has 1 aliphatic rings. The van der Waals surface area contributed by atoms with E-state index in [2.05, 4.69) is 0 Å².